The second kappa shape index (κ2) is 9.17. The minimum absolute atomic E-state index is 0.0199. The zero-order valence-corrected chi connectivity index (χ0v) is 17.6. The first-order valence-corrected chi connectivity index (χ1v) is 10.5. The fraction of sp³-hybridized carbons (Fsp3) is 0.391. The molecule has 0 aromatic carbocycles. The van der Waals surface area contributed by atoms with Crippen LogP contribution in [-0.4, -0.2) is 57.5 Å². The predicted octanol–water partition coefficient (Wildman–Crippen LogP) is 3.10. The molecule has 3 aromatic rings. The van der Waals surface area contributed by atoms with Gasteiger partial charge < -0.3 is 14.8 Å². The van der Waals surface area contributed by atoms with Gasteiger partial charge in [-0.2, -0.15) is 0 Å². The SMILES string of the molecule is CN(C)CCCNC(=O)c1cc(-c2cnc(-c3cccnc3)nc2)cn1CC1CC1. The van der Waals surface area contributed by atoms with Crippen LogP contribution in [0.5, 0.6) is 0 Å². The molecule has 0 unspecified atom stereocenters. The molecular formula is C23H28N6O. The van der Waals surface area contributed by atoms with Crippen molar-refractivity contribution in [1.29, 1.82) is 0 Å². The Morgan fingerprint density at radius 3 is 2.63 bits per heavy atom. The molecule has 0 spiro atoms. The van der Waals surface area contributed by atoms with E-state index in [1.165, 1.54) is 12.8 Å². The molecule has 156 valence electrons. The van der Waals surface area contributed by atoms with Crippen LogP contribution in [-0.2, 0) is 6.54 Å². The molecule has 0 saturated heterocycles. The van der Waals surface area contributed by atoms with Crippen molar-refractivity contribution in [2.75, 3.05) is 27.2 Å². The number of hydrogen-bond acceptors (Lipinski definition) is 5. The molecule has 4 rings (SSSR count). The molecule has 1 aliphatic rings. The highest BCUT2D eigenvalue weighted by Gasteiger charge is 2.24. The van der Waals surface area contributed by atoms with Crippen LogP contribution in [0.1, 0.15) is 29.8 Å². The monoisotopic (exact) mass is 404 g/mol. The minimum Gasteiger partial charge on any atom is -0.351 e. The number of rotatable bonds is 9. The van der Waals surface area contributed by atoms with Crippen molar-refractivity contribution in [1.82, 2.24) is 29.7 Å². The molecule has 0 bridgehead atoms. The molecular weight excluding hydrogens is 376 g/mol. The summed E-state index contributed by atoms with van der Waals surface area (Å²) in [7, 11) is 4.08. The summed E-state index contributed by atoms with van der Waals surface area (Å²) in [6, 6.07) is 5.76. The van der Waals surface area contributed by atoms with Crippen LogP contribution in [0.25, 0.3) is 22.5 Å². The largest absolute Gasteiger partial charge is 0.351 e. The number of nitrogens with one attached hydrogen (secondary N) is 1. The number of nitrogens with zero attached hydrogens (tertiary/aromatic N) is 5. The Morgan fingerprint density at radius 1 is 1.17 bits per heavy atom. The van der Waals surface area contributed by atoms with Gasteiger partial charge in [0.05, 0.1) is 0 Å². The quantitative estimate of drug-likeness (QED) is 0.555. The van der Waals surface area contributed by atoms with Gasteiger partial charge in [-0.05, 0) is 64.0 Å². The summed E-state index contributed by atoms with van der Waals surface area (Å²) in [5, 5.41) is 3.06. The number of carbonyl (C=O) groups is 1. The number of hydrogen-bond donors (Lipinski definition) is 1. The Labute approximate surface area is 177 Å². The summed E-state index contributed by atoms with van der Waals surface area (Å²) in [5.41, 5.74) is 3.46. The molecule has 0 atom stereocenters. The van der Waals surface area contributed by atoms with Gasteiger partial charge >= 0.3 is 0 Å². The molecule has 0 radical (unpaired) electrons. The lowest BCUT2D eigenvalue weighted by atomic mass is 10.1. The maximum atomic E-state index is 12.8. The second-order valence-corrected chi connectivity index (χ2v) is 8.16. The molecule has 30 heavy (non-hydrogen) atoms. The highest BCUT2D eigenvalue weighted by Crippen LogP contribution is 2.32. The fourth-order valence-electron chi connectivity index (χ4n) is 3.40. The molecule has 1 fully saturated rings. The van der Waals surface area contributed by atoms with Gasteiger partial charge in [-0.1, -0.05) is 0 Å². The normalized spacial score (nSPS) is 13.6. The maximum Gasteiger partial charge on any atom is 0.267 e. The van der Waals surface area contributed by atoms with Crippen LogP contribution >= 0.6 is 0 Å². The number of carbonyl (C=O) groups excluding carboxylic acids is 1. The summed E-state index contributed by atoms with van der Waals surface area (Å²) < 4.78 is 2.09. The molecule has 3 aromatic heterocycles. The smallest absolute Gasteiger partial charge is 0.267 e. The van der Waals surface area contributed by atoms with Crippen molar-refractivity contribution in [2.45, 2.75) is 25.8 Å². The van der Waals surface area contributed by atoms with Gasteiger partial charge in [0.15, 0.2) is 5.82 Å². The van der Waals surface area contributed by atoms with E-state index >= 15 is 0 Å². The van der Waals surface area contributed by atoms with Gasteiger partial charge in [0.1, 0.15) is 5.69 Å². The zero-order chi connectivity index (χ0) is 20.9. The number of amides is 1. The van der Waals surface area contributed by atoms with Crippen LogP contribution in [0.15, 0.2) is 49.2 Å². The van der Waals surface area contributed by atoms with Crippen molar-refractivity contribution < 1.29 is 4.79 Å². The molecule has 1 amide bonds. The summed E-state index contributed by atoms with van der Waals surface area (Å²) in [5.74, 6) is 1.30. The number of aromatic nitrogens is 4. The van der Waals surface area contributed by atoms with Gasteiger partial charge in [0, 0.05) is 60.8 Å². The van der Waals surface area contributed by atoms with E-state index in [4.69, 9.17) is 0 Å². The first-order chi connectivity index (χ1) is 14.6. The van der Waals surface area contributed by atoms with E-state index in [1.54, 1.807) is 12.4 Å². The van der Waals surface area contributed by atoms with Crippen molar-refractivity contribution >= 4 is 5.91 Å². The van der Waals surface area contributed by atoms with E-state index in [2.05, 4.69) is 35.9 Å². The summed E-state index contributed by atoms with van der Waals surface area (Å²) >= 11 is 0. The van der Waals surface area contributed by atoms with Crippen molar-refractivity contribution in [3.05, 3.63) is 54.9 Å². The predicted molar refractivity (Wildman–Crippen MR) is 117 cm³/mol. The topological polar surface area (TPSA) is 75.9 Å². The highest BCUT2D eigenvalue weighted by atomic mass is 16.1. The lowest BCUT2D eigenvalue weighted by Crippen LogP contribution is -2.28. The summed E-state index contributed by atoms with van der Waals surface area (Å²) in [6.45, 7) is 2.51. The standard InChI is InChI=1S/C23H28N6O/c1-28(2)10-4-9-25-23(30)21-11-19(16-29(21)15-17-6-7-17)20-13-26-22(27-14-20)18-5-3-8-24-12-18/h3,5,8,11-14,16-17H,4,6-7,9-10,15H2,1-2H3,(H,25,30). The Bertz CT molecular complexity index is 977. The Kier molecular flexibility index (Phi) is 6.18. The molecule has 1 aliphatic carbocycles. The molecule has 1 N–H and O–H groups in total. The molecule has 7 heteroatoms. The summed E-state index contributed by atoms with van der Waals surface area (Å²) in [4.78, 5) is 28.0. The average molecular weight is 405 g/mol. The van der Waals surface area contributed by atoms with Crippen LogP contribution in [0.3, 0.4) is 0 Å². The van der Waals surface area contributed by atoms with Crippen LogP contribution < -0.4 is 5.32 Å². The second-order valence-electron chi connectivity index (χ2n) is 8.16. The summed E-state index contributed by atoms with van der Waals surface area (Å²) in [6.07, 6.45) is 12.6. The van der Waals surface area contributed by atoms with Gasteiger partial charge in [0.2, 0.25) is 0 Å². The number of pyridine rings is 1. The lowest BCUT2D eigenvalue weighted by Gasteiger charge is -2.11. The van der Waals surface area contributed by atoms with E-state index in [0.717, 1.165) is 36.2 Å². The first kappa shape index (κ1) is 20.2. The Balaban J connectivity index is 1.51. The molecule has 7 nitrogen and oxygen atoms in total. The van der Waals surface area contributed by atoms with Gasteiger partial charge in [-0.3, -0.25) is 9.78 Å². The van der Waals surface area contributed by atoms with Crippen molar-refractivity contribution in [3.63, 3.8) is 0 Å². The van der Waals surface area contributed by atoms with E-state index < -0.39 is 0 Å². The average Bonchev–Trinajstić information content (AvgIpc) is 3.48. The van der Waals surface area contributed by atoms with Crippen LogP contribution in [0, 0.1) is 5.92 Å². The molecule has 1 saturated carbocycles. The van der Waals surface area contributed by atoms with Gasteiger partial charge in [-0.25, -0.2) is 9.97 Å². The van der Waals surface area contributed by atoms with E-state index in [0.29, 0.717) is 24.0 Å². The lowest BCUT2D eigenvalue weighted by molar-refractivity contribution is 0.0942. The van der Waals surface area contributed by atoms with Gasteiger partial charge in [0.25, 0.3) is 5.91 Å². The van der Waals surface area contributed by atoms with Crippen molar-refractivity contribution in [2.24, 2.45) is 5.92 Å². The third-order valence-electron chi connectivity index (χ3n) is 5.25. The van der Waals surface area contributed by atoms with Crippen LogP contribution in [0.2, 0.25) is 0 Å². The van der Waals surface area contributed by atoms with E-state index in [1.807, 2.05) is 44.7 Å². The van der Waals surface area contributed by atoms with Crippen molar-refractivity contribution in [3.8, 4) is 22.5 Å². The highest BCUT2D eigenvalue weighted by molar-refractivity contribution is 5.94. The molecule has 0 aliphatic heterocycles. The Morgan fingerprint density at radius 2 is 1.97 bits per heavy atom. The van der Waals surface area contributed by atoms with Gasteiger partial charge in [-0.15, -0.1) is 0 Å². The maximum absolute atomic E-state index is 12.8. The first-order valence-electron chi connectivity index (χ1n) is 10.5. The minimum atomic E-state index is -0.0199. The third-order valence-corrected chi connectivity index (χ3v) is 5.25. The third kappa shape index (κ3) is 5.10. The van der Waals surface area contributed by atoms with E-state index in [9.17, 15) is 4.79 Å². The van der Waals surface area contributed by atoms with Crippen LogP contribution in [0.4, 0.5) is 0 Å². The Hall–Kier alpha value is -3.06. The fourth-order valence-corrected chi connectivity index (χ4v) is 3.40. The zero-order valence-electron chi connectivity index (χ0n) is 17.6. The molecule has 3 heterocycles. The van der Waals surface area contributed by atoms with E-state index in [-0.39, 0.29) is 5.91 Å².